The SMILES string of the molecule is CCn1ncc2cc(C(=O)OC)c(Oc3ccc(OCCOC4CCOCC4)cc3)cc21. The molecule has 2 heterocycles. The number of carbonyl (C=O) groups excluding carboxylic acids is 1. The van der Waals surface area contributed by atoms with Gasteiger partial charge in [-0.05, 0) is 50.1 Å². The van der Waals surface area contributed by atoms with Gasteiger partial charge in [0.2, 0.25) is 0 Å². The first kappa shape index (κ1) is 22.1. The van der Waals surface area contributed by atoms with Gasteiger partial charge in [-0.2, -0.15) is 5.10 Å². The fraction of sp³-hybridized carbons (Fsp3) is 0.417. The van der Waals surface area contributed by atoms with Crippen LogP contribution >= 0.6 is 0 Å². The summed E-state index contributed by atoms with van der Waals surface area (Å²) in [6.07, 6.45) is 3.86. The molecule has 1 fully saturated rings. The minimum Gasteiger partial charge on any atom is -0.491 e. The van der Waals surface area contributed by atoms with Gasteiger partial charge < -0.3 is 23.7 Å². The lowest BCUT2D eigenvalue weighted by atomic mass is 10.1. The van der Waals surface area contributed by atoms with Gasteiger partial charge in [-0.3, -0.25) is 4.68 Å². The average Bonchev–Trinajstić information content (AvgIpc) is 3.24. The standard InChI is InChI=1S/C24H28N2O6/c1-3-26-22-15-23(21(24(27)28-2)14-17(22)16-25-26)32-20-6-4-18(5-7-20)30-12-13-31-19-8-10-29-11-9-19/h4-7,14-16,19H,3,8-13H2,1-2H3. The van der Waals surface area contributed by atoms with Crippen LogP contribution in [-0.4, -0.2) is 55.4 Å². The summed E-state index contributed by atoms with van der Waals surface area (Å²) in [6, 6.07) is 10.8. The van der Waals surface area contributed by atoms with Crippen LogP contribution in [-0.2, 0) is 20.8 Å². The largest absolute Gasteiger partial charge is 0.491 e. The quantitative estimate of drug-likeness (QED) is 0.364. The summed E-state index contributed by atoms with van der Waals surface area (Å²) in [7, 11) is 1.35. The number of benzene rings is 2. The Morgan fingerprint density at radius 2 is 1.88 bits per heavy atom. The van der Waals surface area contributed by atoms with Gasteiger partial charge >= 0.3 is 5.97 Å². The van der Waals surface area contributed by atoms with E-state index in [1.54, 1.807) is 24.4 Å². The van der Waals surface area contributed by atoms with E-state index < -0.39 is 5.97 Å². The van der Waals surface area contributed by atoms with Gasteiger partial charge in [-0.25, -0.2) is 4.79 Å². The van der Waals surface area contributed by atoms with Crippen LogP contribution < -0.4 is 9.47 Å². The van der Waals surface area contributed by atoms with Crippen LogP contribution in [0.3, 0.4) is 0 Å². The summed E-state index contributed by atoms with van der Waals surface area (Å²) in [4.78, 5) is 12.3. The fourth-order valence-corrected chi connectivity index (χ4v) is 3.66. The van der Waals surface area contributed by atoms with Crippen molar-refractivity contribution in [1.82, 2.24) is 9.78 Å². The van der Waals surface area contributed by atoms with Gasteiger partial charge in [0.05, 0.1) is 31.5 Å². The fourth-order valence-electron chi connectivity index (χ4n) is 3.66. The Hall–Kier alpha value is -3.10. The van der Waals surface area contributed by atoms with Crippen molar-refractivity contribution in [1.29, 1.82) is 0 Å². The van der Waals surface area contributed by atoms with Crippen molar-refractivity contribution in [2.45, 2.75) is 32.4 Å². The second kappa shape index (κ2) is 10.5. The minimum atomic E-state index is -0.462. The first-order valence-corrected chi connectivity index (χ1v) is 10.9. The molecule has 0 unspecified atom stereocenters. The van der Waals surface area contributed by atoms with E-state index in [0.717, 1.165) is 42.7 Å². The molecule has 2 aromatic carbocycles. The van der Waals surface area contributed by atoms with Crippen LogP contribution in [0.4, 0.5) is 0 Å². The predicted octanol–water partition coefficient (Wildman–Crippen LogP) is 4.21. The molecule has 1 aliphatic rings. The van der Waals surface area contributed by atoms with E-state index in [1.807, 2.05) is 29.8 Å². The zero-order valence-corrected chi connectivity index (χ0v) is 18.4. The number of hydrogen-bond donors (Lipinski definition) is 0. The first-order chi connectivity index (χ1) is 15.7. The van der Waals surface area contributed by atoms with E-state index in [1.165, 1.54) is 7.11 Å². The number of aryl methyl sites for hydroxylation is 1. The van der Waals surface area contributed by atoms with E-state index in [0.29, 0.717) is 36.8 Å². The Morgan fingerprint density at radius 1 is 1.12 bits per heavy atom. The lowest BCUT2D eigenvalue weighted by Crippen LogP contribution is -2.25. The number of methoxy groups -OCH3 is 1. The molecule has 170 valence electrons. The molecule has 0 saturated carbocycles. The number of esters is 1. The van der Waals surface area contributed by atoms with Gasteiger partial charge in [0.15, 0.2) is 0 Å². The van der Waals surface area contributed by atoms with E-state index in [2.05, 4.69) is 5.10 Å². The highest BCUT2D eigenvalue weighted by Crippen LogP contribution is 2.31. The van der Waals surface area contributed by atoms with E-state index >= 15 is 0 Å². The molecule has 1 aliphatic heterocycles. The topological polar surface area (TPSA) is 81.0 Å². The van der Waals surface area contributed by atoms with Gasteiger partial charge in [-0.1, -0.05) is 0 Å². The van der Waals surface area contributed by atoms with Crippen molar-refractivity contribution in [3.63, 3.8) is 0 Å². The Labute approximate surface area is 187 Å². The van der Waals surface area contributed by atoms with Crippen LogP contribution in [0.2, 0.25) is 0 Å². The van der Waals surface area contributed by atoms with Crippen molar-refractivity contribution >= 4 is 16.9 Å². The summed E-state index contributed by atoms with van der Waals surface area (Å²) >= 11 is 0. The van der Waals surface area contributed by atoms with Crippen molar-refractivity contribution in [2.75, 3.05) is 33.5 Å². The second-order valence-electron chi connectivity index (χ2n) is 7.46. The van der Waals surface area contributed by atoms with E-state index in [9.17, 15) is 4.79 Å². The highest BCUT2D eigenvalue weighted by molar-refractivity contribution is 5.98. The molecule has 1 aromatic heterocycles. The lowest BCUT2D eigenvalue weighted by Gasteiger charge is -2.22. The molecule has 0 atom stereocenters. The average molecular weight is 440 g/mol. The van der Waals surface area contributed by atoms with E-state index in [-0.39, 0.29) is 6.10 Å². The van der Waals surface area contributed by atoms with Crippen LogP contribution in [0.5, 0.6) is 17.2 Å². The molecule has 8 heteroatoms. The number of hydrogen-bond acceptors (Lipinski definition) is 7. The number of rotatable bonds is 9. The van der Waals surface area contributed by atoms with E-state index in [4.69, 9.17) is 23.7 Å². The lowest BCUT2D eigenvalue weighted by molar-refractivity contribution is -0.0388. The Morgan fingerprint density at radius 3 is 2.59 bits per heavy atom. The molecule has 32 heavy (non-hydrogen) atoms. The van der Waals surface area contributed by atoms with Gasteiger partial charge in [0, 0.05) is 31.2 Å². The number of carbonyl (C=O) groups is 1. The monoisotopic (exact) mass is 440 g/mol. The molecular weight excluding hydrogens is 412 g/mol. The van der Waals surface area contributed by atoms with Crippen molar-refractivity contribution in [3.05, 3.63) is 48.2 Å². The normalized spacial score (nSPS) is 14.4. The number of fused-ring (bicyclic) bond motifs is 1. The molecule has 0 amide bonds. The van der Waals surface area contributed by atoms with Crippen molar-refractivity contribution in [3.8, 4) is 17.2 Å². The number of ether oxygens (including phenoxy) is 5. The number of nitrogens with zero attached hydrogens (tertiary/aromatic N) is 2. The van der Waals surface area contributed by atoms with Crippen LogP contribution in [0.1, 0.15) is 30.1 Å². The summed E-state index contributed by atoms with van der Waals surface area (Å²) in [5.41, 5.74) is 1.24. The van der Waals surface area contributed by atoms with Crippen molar-refractivity contribution in [2.24, 2.45) is 0 Å². The minimum absolute atomic E-state index is 0.258. The summed E-state index contributed by atoms with van der Waals surface area (Å²) in [5.74, 6) is 1.26. The molecule has 0 N–H and O–H groups in total. The molecular formula is C24H28N2O6. The molecule has 0 aliphatic carbocycles. The summed E-state index contributed by atoms with van der Waals surface area (Å²) < 4.78 is 29.7. The highest BCUT2D eigenvalue weighted by atomic mass is 16.5. The smallest absolute Gasteiger partial charge is 0.341 e. The maximum Gasteiger partial charge on any atom is 0.341 e. The van der Waals surface area contributed by atoms with Crippen LogP contribution in [0.15, 0.2) is 42.6 Å². The highest BCUT2D eigenvalue weighted by Gasteiger charge is 2.18. The maximum atomic E-state index is 12.3. The zero-order chi connectivity index (χ0) is 22.3. The second-order valence-corrected chi connectivity index (χ2v) is 7.46. The van der Waals surface area contributed by atoms with Crippen LogP contribution in [0, 0.1) is 0 Å². The molecule has 0 bridgehead atoms. The molecule has 0 radical (unpaired) electrons. The molecule has 1 saturated heterocycles. The maximum absolute atomic E-state index is 12.3. The van der Waals surface area contributed by atoms with Gasteiger partial charge in [-0.15, -0.1) is 0 Å². The van der Waals surface area contributed by atoms with Gasteiger partial charge in [0.25, 0.3) is 0 Å². The molecule has 8 nitrogen and oxygen atoms in total. The molecule has 3 aromatic rings. The van der Waals surface area contributed by atoms with Crippen molar-refractivity contribution < 1.29 is 28.5 Å². The predicted molar refractivity (Wildman–Crippen MR) is 119 cm³/mol. The summed E-state index contributed by atoms with van der Waals surface area (Å²) in [5, 5.41) is 5.19. The third kappa shape index (κ3) is 5.20. The third-order valence-corrected chi connectivity index (χ3v) is 5.37. The third-order valence-electron chi connectivity index (χ3n) is 5.37. The summed E-state index contributed by atoms with van der Waals surface area (Å²) in [6.45, 7) is 5.26. The van der Waals surface area contributed by atoms with Crippen LogP contribution in [0.25, 0.3) is 10.9 Å². The molecule has 4 rings (SSSR count). The number of aromatic nitrogens is 2. The zero-order valence-electron chi connectivity index (χ0n) is 18.4. The first-order valence-electron chi connectivity index (χ1n) is 10.9. The Bertz CT molecular complexity index is 1040. The Balaban J connectivity index is 1.40. The Kier molecular flexibility index (Phi) is 7.24. The van der Waals surface area contributed by atoms with Gasteiger partial charge in [0.1, 0.15) is 29.4 Å². The molecule has 0 spiro atoms.